The van der Waals surface area contributed by atoms with Gasteiger partial charge in [0.1, 0.15) is 11.9 Å². The predicted octanol–water partition coefficient (Wildman–Crippen LogP) is 3.12. The van der Waals surface area contributed by atoms with Crippen molar-refractivity contribution in [3.05, 3.63) is 46.5 Å². The summed E-state index contributed by atoms with van der Waals surface area (Å²) < 4.78 is 2.11. The molecule has 1 aliphatic rings. The van der Waals surface area contributed by atoms with Crippen LogP contribution in [0.1, 0.15) is 61.5 Å². The molecule has 2 N–H and O–H groups in total. The van der Waals surface area contributed by atoms with Crippen LogP contribution < -0.4 is 10.6 Å². The Morgan fingerprint density at radius 3 is 2.62 bits per heavy atom. The maximum atomic E-state index is 12.8. The minimum absolute atomic E-state index is 0.216. The van der Waals surface area contributed by atoms with E-state index in [1.807, 2.05) is 13.8 Å². The Morgan fingerprint density at radius 2 is 1.90 bits per heavy atom. The van der Waals surface area contributed by atoms with E-state index < -0.39 is 6.04 Å². The molecule has 1 atom stereocenters. The fourth-order valence-electron chi connectivity index (χ4n) is 3.51. The van der Waals surface area contributed by atoms with Crippen LogP contribution in [0.5, 0.6) is 0 Å². The van der Waals surface area contributed by atoms with Crippen molar-refractivity contribution in [2.24, 2.45) is 5.92 Å². The SMILES string of the molecule is CC(C)CC(NC(=O)c1ccc(Cl)cc1)C(=O)NCc1nnc2n1CCCCC2. The number of halogens is 1. The number of hydrogen-bond donors (Lipinski definition) is 2. The Kier molecular flexibility index (Phi) is 7.25. The number of fused-ring (bicyclic) bond motifs is 1. The number of nitrogens with one attached hydrogen (secondary N) is 2. The van der Waals surface area contributed by atoms with E-state index in [0.29, 0.717) is 23.6 Å². The summed E-state index contributed by atoms with van der Waals surface area (Å²) in [6, 6.07) is 5.99. The van der Waals surface area contributed by atoms with Gasteiger partial charge in [0.2, 0.25) is 5.91 Å². The summed E-state index contributed by atoms with van der Waals surface area (Å²) in [6.45, 7) is 5.23. The van der Waals surface area contributed by atoms with E-state index in [-0.39, 0.29) is 17.7 Å². The van der Waals surface area contributed by atoms with E-state index in [1.54, 1.807) is 24.3 Å². The van der Waals surface area contributed by atoms with Gasteiger partial charge < -0.3 is 15.2 Å². The van der Waals surface area contributed by atoms with Crippen LogP contribution in [0.2, 0.25) is 5.02 Å². The molecular formula is C21H28ClN5O2. The lowest BCUT2D eigenvalue weighted by Gasteiger charge is -2.20. The summed E-state index contributed by atoms with van der Waals surface area (Å²) >= 11 is 5.88. The van der Waals surface area contributed by atoms with Gasteiger partial charge in [-0.15, -0.1) is 10.2 Å². The Balaban J connectivity index is 1.64. The molecule has 0 fully saturated rings. The molecule has 0 bridgehead atoms. The summed E-state index contributed by atoms with van der Waals surface area (Å²) in [5, 5.41) is 14.8. The second-order valence-corrected chi connectivity index (χ2v) is 8.31. The van der Waals surface area contributed by atoms with E-state index in [4.69, 9.17) is 11.6 Å². The van der Waals surface area contributed by atoms with Crippen LogP contribution in [0.25, 0.3) is 0 Å². The minimum Gasteiger partial charge on any atom is -0.347 e. The van der Waals surface area contributed by atoms with Crippen LogP contribution in [-0.4, -0.2) is 32.6 Å². The van der Waals surface area contributed by atoms with E-state index in [9.17, 15) is 9.59 Å². The molecule has 0 aliphatic carbocycles. The van der Waals surface area contributed by atoms with Crippen LogP contribution >= 0.6 is 11.6 Å². The topological polar surface area (TPSA) is 88.9 Å². The Hall–Kier alpha value is -2.41. The highest BCUT2D eigenvalue weighted by Gasteiger charge is 2.23. The highest BCUT2D eigenvalue weighted by Crippen LogP contribution is 2.15. The van der Waals surface area contributed by atoms with Gasteiger partial charge >= 0.3 is 0 Å². The number of benzene rings is 1. The normalized spacial score (nSPS) is 14.8. The van der Waals surface area contributed by atoms with Gasteiger partial charge in [0.15, 0.2) is 5.82 Å². The highest BCUT2D eigenvalue weighted by atomic mass is 35.5. The molecular weight excluding hydrogens is 390 g/mol. The van der Waals surface area contributed by atoms with E-state index in [2.05, 4.69) is 25.4 Å². The number of nitrogens with zero attached hydrogens (tertiary/aromatic N) is 3. The molecule has 2 heterocycles. The molecule has 1 aromatic heterocycles. The molecule has 0 spiro atoms. The first-order chi connectivity index (χ1) is 13.9. The zero-order valence-electron chi connectivity index (χ0n) is 16.9. The van der Waals surface area contributed by atoms with Crippen LogP contribution in [0.3, 0.4) is 0 Å². The maximum absolute atomic E-state index is 12.8. The van der Waals surface area contributed by atoms with E-state index >= 15 is 0 Å². The van der Waals surface area contributed by atoms with Crippen molar-refractivity contribution >= 4 is 23.4 Å². The average molecular weight is 418 g/mol. The van der Waals surface area contributed by atoms with Crippen molar-refractivity contribution in [1.29, 1.82) is 0 Å². The zero-order valence-corrected chi connectivity index (χ0v) is 17.7. The largest absolute Gasteiger partial charge is 0.347 e. The Labute approximate surface area is 176 Å². The molecule has 29 heavy (non-hydrogen) atoms. The number of carbonyl (C=O) groups excluding carboxylic acids is 2. The number of aryl methyl sites for hydroxylation is 1. The van der Waals surface area contributed by atoms with E-state index in [1.165, 1.54) is 6.42 Å². The summed E-state index contributed by atoms with van der Waals surface area (Å²) in [5.74, 6) is 1.50. The van der Waals surface area contributed by atoms with Gasteiger partial charge in [0, 0.05) is 23.6 Å². The quantitative estimate of drug-likeness (QED) is 0.724. The molecule has 156 valence electrons. The smallest absolute Gasteiger partial charge is 0.251 e. The third-order valence-corrected chi connectivity index (χ3v) is 5.29. The summed E-state index contributed by atoms with van der Waals surface area (Å²) in [6.07, 6.45) is 4.87. The molecule has 0 saturated carbocycles. The lowest BCUT2D eigenvalue weighted by molar-refractivity contribution is -0.123. The molecule has 1 unspecified atom stereocenters. The standard InChI is InChI=1S/C21H28ClN5O2/c1-14(2)12-17(24-20(28)15-7-9-16(22)10-8-15)21(29)23-13-19-26-25-18-6-4-3-5-11-27(18)19/h7-10,14,17H,3-6,11-13H2,1-2H3,(H,23,29)(H,24,28). The highest BCUT2D eigenvalue weighted by molar-refractivity contribution is 6.30. The molecule has 2 amide bonds. The second-order valence-electron chi connectivity index (χ2n) is 7.88. The Morgan fingerprint density at radius 1 is 1.14 bits per heavy atom. The van der Waals surface area contributed by atoms with Crippen LogP contribution in [0.15, 0.2) is 24.3 Å². The van der Waals surface area contributed by atoms with Crippen LogP contribution in [0, 0.1) is 5.92 Å². The third-order valence-electron chi connectivity index (χ3n) is 5.04. The summed E-state index contributed by atoms with van der Waals surface area (Å²) in [5.41, 5.74) is 0.471. The van der Waals surface area contributed by atoms with Crippen molar-refractivity contribution in [3.8, 4) is 0 Å². The van der Waals surface area contributed by atoms with Crippen molar-refractivity contribution in [3.63, 3.8) is 0 Å². The summed E-state index contributed by atoms with van der Waals surface area (Å²) in [4.78, 5) is 25.4. The van der Waals surface area contributed by atoms with Crippen molar-refractivity contribution in [2.45, 2.75) is 65.1 Å². The first-order valence-electron chi connectivity index (χ1n) is 10.2. The van der Waals surface area contributed by atoms with Crippen molar-refractivity contribution in [1.82, 2.24) is 25.4 Å². The van der Waals surface area contributed by atoms with Gasteiger partial charge in [0.05, 0.1) is 6.54 Å². The molecule has 1 aliphatic heterocycles. The molecule has 0 saturated heterocycles. The first kappa shape index (κ1) is 21.3. The minimum atomic E-state index is -0.621. The lowest BCUT2D eigenvalue weighted by Crippen LogP contribution is -2.47. The van der Waals surface area contributed by atoms with Gasteiger partial charge in [-0.05, 0) is 49.4 Å². The number of amides is 2. The number of carbonyl (C=O) groups is 2. The van der Waals surface area contributed by atoms with Crippen LogP contribution in [-0.2, 0) is 24.3 Å². The number of aromatic nitrogens is 3. The fourth-order valence-corrected chi connectivity index (χ4v) is 3.64. The molecule has 3 rings (SSSR count). The van der Waals surface area contributed by atoms with Crippen LogP contribution in [0.4, 0.5) is 0 Å². The van der Waals surface area contributed by atoms with Gasteiger partial charge in [0.25, 0.3) is 5.91 Å². The average Bonchev–Trinajstić information content (AvgIpc) is 2.91. The second kappa shape index (κ2) is 9.87. The summed E-state index contributed by atoms with van der Waals surface area (Å²) in [7, 11) is 0. The van der Waals surface area contributed by atoms with Gasteiger partial charge in [-0.2, -0.15) is 0 Å². The first-order valence-corrected chi connectivity index (χ1v) is 10.6. The zero-order chi connectivity index (χ0) is 20.8. The third kappa shape index (κ3) is 5.79. The van der Waals surface area contributed by atoms with Gasteiger partial charge in [-0.1, -0.05) is 31.9 Å². The molecule has 0 radical (unpaired) electrons. The maximum Gasteiger partial charge on any atom is 0.251 e. The lowest BCUT2D eigenvalue weighted by atomic mass is 10.0. The monoisotopic (exact) mass is 417 g/mol. The van der Waals surface area contributed by atoms with Gasteiger partial charge in [-0.3, -0.25) is 9.59 Å². The van der Waals surface area contributed by atoms with Gasteiger partial charge in [-0.25, -0.2) is 0 Å². The molecule has 1 aromatic carbocycles. The van der Waals surface area contributed by atoms with E-state index in [0.717, 1.165) is 37.5 Å². The predicted molar refractivity (Wildman–Crippen MR) is 112 cm³/mol. The molecule has 7 nitrogen and oxygen atoms in total. The van der Waals surface area contributed by atoms with Crippen molar-refractivity contribution in [2.75, 3.05) is 0 Å². The number of hydrogen-bond acceptors (Lipinski definition) is 4. The molecule has 8 heteroatoms. The fraction of sp³-hybridized carbons (Fsp3) is 0.524. The van der Waals surface area contributed by atoms with Crippen molar-refractivity contribution < 1.29 is 9.59 Å². The number of rotatable bonds is 7. The molecule has 2 aromatic rings. The Bertz CT molecular complexity index is 847.